The van der Waals surface area contributed by atoms with Crippen molar-refractivity contribution in [2.45, 2.75) is 63.9 Å². The molecule has 0 bridgehead atoms. The van der Waals surface area contributed by atoms with E-state index in [4.69, 9.17) is 4.74 Å². The van der Waals surface area contributed by atoms with Gasteiger partial charge >= 0.3 is 5.97 Å². The molecule has 1 aromatic carbocycles. The number of ether oxygens (including phenoxy) is 1. The van der Waals surface area contributed by atoms with E-state index in [1.54, 1.807) is 19.9 Å². The van der Waals surface area contributed by atoms with Gasteiger partial charge in [0.05, 0.1) is 41.9 Å². The summed E-state index contributed by atoms with van der Waals surface area (Å²) in [6, 6.07) is -0.125. The second kappa shape index (κ2) is 6.18. The van der Waals surface area contributed by atoms with Crippen molar-refractivity contribution in [1.29, 1.82) is 0 Å². The van der Waals surface area contributed by atoms with Crippen molar-refractivity contribution in [2.75, 3.05) is 0 Å². The van der Waals surface area contributed by atoms with E-state index in [9.17, 15) is 24.9 Å². The molecular weight excluding hydrogens is 374 g/mol. The number of hydrogen-bond acceptors (Lipinski definition) is 5. The normalized spacial score (nSPS) is 25.9. The van der Waals surface area contributed by atoms with Crippen LogP contribution in [0.3, 0.4) is 0 Å². The van der Waals surface area contributed by atoms with Gasteiger partial charge in [-0.1, -0.05) is 0 Å². The molecule has 152 valence electrons. The van der Waals surface area contributed by atoms with Gasteiger partial charge in [-0.05, 0) is 44.4 Å². The van der Waals surface area contributed by atoms with Gasteiger partial charge in [0.25, 0.3) is 0 Å². The molecule has 1 aromatic heterocycles. The summed E-state index contributed by atoms with van der Waals surface area (Å²) in [6.45, 7) is 3.54. The van der Waals surface area contributed by atoms with Crippen LogP contribution in [-0.2, 0) is 22.4 Å². The summed E-state index contributed by atoms with van der Waals surface area (Å²) < 4.78 is 8.00. The Morgan fingerprint density at radius 3 is 2.83 bits per heavy atom. The van der Waals surface area contributed by atoms with Gasteiger partial charge in [0.1, 0.15) is 5.75 Å². The second-order valence-electron chi connectivity index (χ2n) is 8.32. The van der Waals surface area contributed by atoms with Gasteiger partial charge in [-0.15, -0.1) is 0 Å². The summed E-state index contributed by atoms with van der Waals surface area (Å²) in [6.07, 6.45) is 3.45. The molecular formula is C22H23NO6. The molecule has 7 nitrogen and oxygen atoms in total. The number of phenols is 1. The molecule has 3 aliphatic rings. The summed E-state index contributed by atoms with van der Waals surface area (Å²) in [5.41, 5.74) is 4.48. The average molecular weight is 397 g/mol. The molecule has 0 saturated carbocycles. The zero-order chi connectivity index (χ0) is 20.6. The molecule has 0 radical (unpaired) electrons. The number of aliphatic carboxylic acids is 1. The van der Waals surface area contributed by atoms with Crippen molar-refractivity contribution < 1.29 is 29.6 Å². The van der Waals surface area contributed by atoms with Crippen molar-refractivity contribution in [3.8, 4) is 5.75 Å². The van der Waals surface area contributed by atoms with E-state index in [2.05, 4.69) is 4.57 Å². The van der Waals surface area contributed by atoms with Crippen LogP contribution in [0.1, 0.15) is 71.6 Å². The molecule has 0 fully saturated rings. The minimum Gasteiger partial charge on any atom is -0.507 e. The number of ketones is 1. The van der Waals surface area contributed by atoms with Gasteiger partial charge in [0, 0.05) is 28.6 Å². The Kier molecular flexibility index (Phi) is 3.92. The number of fused-ring (bicyclic) bond motifs is 5. The highest BCUT2D eigenvalue weighted by Crippen LogP contribution is 2.50. The molecule has 7 heteroatoms. The van der Waals surface area contributed by atoms with Crippen LogP contribution >= 0.6 is 0 Å². The molecule has 4 atom stereocenters. The van der Waals surface area contributed by atoms with Crippen LogP contribution in [0.25, 0.3) is 17.0 Å². The largest absolute Gasteiger partial charge is 0.507 e. The van der Waals surface area contributed by atoms with Crippen LogP contribution in [0.15, 0.2) is 6.08 Å². The number of carbonyl (C=O) groups is 2. The summed E-state index contributed by atoms with van der Waals surface area (Å²) in [5, 5.41) is 31.4. The molecule has 0 amide bonds. The minimum absolute atomic E-state index is 0.0674. The van der Waals surface area contributed by atoms with Crippen LogP contribution in [-0.4, -0.2) is 43.8 Å². The lowest BCUT2D eigenvalue weighted by Gasteiger charge is -2.33. The van der Waals surface area contributed by atoms with Crippen LogP contribution in [0, 0.1) is 0 Å². The molecule has 0 saturated heterocycles. The third-order valence-electron chi connectivity index (χ3n) is 6.55. The minimum atomic E-state index is -0.940. The average Bonchev–Trinajstić information content (AvgIpc) is 3.18. The van der Waals surface area contributed by atoms with Crippen LogP contribution in [0.5, 0.6) is 5.75 Å². The van der Waals surface area contributed by atoms with E-state index >= 15 is 0 Å². The number of allylic oxidation sites excluding steroid dienone is 1. The number of nitrogens with zero attached hydrogens (tertiary/aromatic N) is 1. The molecule has 3 heterocycles. The maximum Gasteiger partial charge on any atom is 0.305 e. The maximum absolute atomic E-state index is 12.7. The fourth-order valence-corrected chi connectivity index (χ4v) is 5.48. The Hall–Kier alpha value is -2.64. The van der Waals surface area contributed by atoms with Crippen molar-refractivity contribution >= 4 is 28.7 Å². The lowest BCUT2D eigenvalue weighted by molar-refractivity contribution is -0.141. The first-order valence-electron chi connectivity index (χ1n) is 10.0. The number of aliphatic hydroxyl groups excluding tert-OH is 1. The number of aromatic nitrogens is 1. The number of carboxylic acid groups (broad SMARTS) is 1. The van der Waals surface area contributed by atoms with Gasteiger partial charge in [-0.2, -0.15) is 0 Å². The Labute approximate surface area is 167 Å². The smallest absolute Gasteiger partial charge is 0.305 e. The Balaban J connectivity index is 1.87. The molecule has 29 heavy (non-hydrogen) atoms. The Morgan fingerprint density at radius 1 is 1.38 bits per heavy atom. The van der Waals surface area contributed by atoms with Crippen LogP contribution in [0.2, 0.25) is 0 Å². The zero-order valence-electron chi connectivity index (χ0n) is 16.3. The highest BCUT2D eigenvalue weighted by Gasteiger charge is 2.40. The molecule has 3 N–H and O–H groups in total. The first-order valence-corrected chi connectivity index (χ1v) is 10.0. The van der Waals surface area contributed by atoms with Gasteiger partial charge in [0.15, 0.2) is 5.78 Å². The molecule has 4 unspecified atom stereocenters. The van der Waals surface area contributed by atoms with E-state index in [1.807, 2.05) is 0 Å². The molecule has 0 spiro atoms. The summed E-state index contributed by atoms with van der Waals surface area (Å²) in [7, 11) is 0. The van der Waals surface area contributed by atoms with E-state index in [0.29, 0.717) is 12.0 Å². The predicted molar refractivity (Wildman–Crippen MR) is 105 cm³/mol. The van der Waals surface area contributed by atoms with E-state index < -0.39 is 24.3 Å². The molecule has 5 rings (SSSR count). The number of carbonyl (C=O) groups excluding carboxylic acids is 1. The predicted octanol–water partition coefficient (Wildman–Crippen LogP) is 2.90. The number of aliphatic hydroxyl groups is 1. The number of hydrogen-bond donors (Lipinski definition) is 3. The fraction of sp³-hybridized carbons (Fsp3) is 0.455. The summed E-state index contributed by atoms with van der Waals surface area (Å²) >= 11 is 0. The highest BCUT2D eigenvalue weighted by atomic mass is 16.5. The number of rotatable bonds is 3. The second-order valence-corrected chi connectivity index (χ2v) is 8.32. The lowest BCUT2D eigenvalue weighted by Crippen LogP contribution is -2.29. The third-order valence-corrected chi connectivity index (χ3v) is 6.55. The van der Waals surface area contributed by atoms with Crippen molar-refractivity contribution in [2.24, 2.45) is 0 Å². The molecule has 1 aliphatic carbocycles. The lowest BCUT2D eigenvalue weighted by atomic mass is 9.84. The summed E-state index contributed by atoms with van der Waals surface area (Å²) in [4.78, 5) is 24.0. The molecule has 2 aromatic rings. The fourth-order valence-electron chi connectivity index (χ4n) is 5.48. The van der Waals surface area contributed by atoms with Crippen LogP contribution in [0.4, 0.5) is 0 Å². The van der Waals surface area contributed by atoms with Gasteiger partial charge in [-0.3, -0.25) is 9.59 Å². The van der Waals surface area contributed by atoms with Crippen molar-refractivity contribution in [3.63, 3.8) is 0 Å². The number of benzene rings is 1. The van der Waals surface area contributed by atoms with Crippen molar-refractivity contribution in [1.82, 2.24) is 4.57 Å². The maximum atomic E-state index is 12.7. The molecule has 2 aliphatic heterocycles. The van der Waals surface area contributed by atoms with Gasteiger partial charge in [-0.25, -0.2) is 0 Å². The van der Waals surface area contributed by atoms with E-state index in [0.717, 1.165) is 40.6 Å². The number of carboxylic acids is 1. The van der Waals surface area contributed by atoms with Crippen molar-refractivity contribution in [3.05, 3.63) is 34.0 Å². The zero-order valence-corrected chi connectivity index (χ0v) is 16.3. The Bertz CT molecular complexity index is 1110. The SMILES string of the molecule is CC1OC(CC(=O)O)Cc2c1c(O)c1c3c(c4n(c23)C(C(C)O)CC4)C=CC1=O. The monoisotopic (exact) mass is 397 g/mol. The standard InChI is InChI=1S/C22H23NO6/c1-9(24)14-4-5-15-12-3-6-16(25)20-19(12)21(23(14)15)13-7-11(8-17(26)27)29-10(2)18(13)22(20)28/h3,6,9-11,14,24,28H,4-5,7-8H2,1-2H3,(H,26,27). The first-order chi connectivity index (χ1) is 13.8. The van der Waals surface area contributed by atoms with Gasteiger partial charge in [0.2, 0.25) is 0 Å². The number of aromatic hydroxyl groups is 1. The number of phenolic OH excluding ortho intramolecular Hbond substituents is 1. The van der Waals surface area contributed by atoms with Crippen LogP contribution < -0.4 is 0 Å². The van der Waals surface area contributed by atoms with E-state index in [-0.39, 0.29) is 29.6 Å². The summed E-state index contributed by atoms with van der Waals surface area (Å²) in [5.74, 6) is -1.26. The van der Waals surface area contributed by atoms with E-state index in [1.165, 1.54) is 6.08 Å². The first kappa shape index (κ1) is 18.4. The topological polar surface area (TPSA) is 109 Å². The Morgan fingerprint density at radius 2 is 2.14 bits per heavy atom. The van der Waals surface area contributed by atoms with Gasteiger partial charge < -0.3 is 24.6 Å². The highest BCUT2D eigenvalue weighted by molar-refractivity contribution is 6.22. The quantitative estimate of drug-likeness (QED) is 0.735. The third kappa shape index (κ3) is 2.44.